The maximum Gasteiger partial charge on any atom is 0.311 e. The summed E-state index contributed by atoms with van der Waals surface area (Å²) in [4.78, 5) is 25.2. The van der Waals surface area contributed by atoms with Gasteiger partial charge < -0.3 is 10.0 Å². The molecule has 0 saturated carbocycles. The van der Waals surface area contributed by atoms with Crippen LogP contribution in [0.4, 0.5) is 0 Å². The zero-order valence-electron chi connectivity index (χ0n) is 12.1. The zero-order chi connectivity index (χ0) is 15.7. The molecule has 114 valence electrons. The third-order valence-corrected chi connectivity index (χ3v) is 4.01. The molecule has 0 bridgehead atoms. The maximum atomic E-state index is 12.4. The van der Waals surface area contributed by atoms with Gasteiger partial charge in [-0.05, 0) is 25.5 Å². The smallest absolute Gasteiger partial charge is 0.311 e. The number of rotatable bonds is 3. The zero-order valence-corrected chi connectivity index (χ0v) is 12.1. The maximum absolute atomic E-state index is 12.4. The molecule has 1 aromatic carbocycles. The van der Waals surface area contributed by atoms with Crippen LogP contribution < -0.4 is 0 Å². The highest BCUT2D eigenvalue weighted by molar-refractivity contribution is 5.93. The van der Waals surface area contributed by atoms with E-state index >= 15 is 0 Å². The van der Waals surface area contributed by atoms with Gasteiger partial charge in [0.15, 0.2) is 5.69 Å². The average Bonchev–Trinajstić information content (AvgIpc) is 3.15. The van der Waals surface area contributed by atoms with Gasteiger partial charge in [0, 0.05) is 13.1 Å². The SMILES string of the molecule is C[C@@]1(C(=O)O)CCN(C(=O)c2cn(-c3ccccc3)nn2)C1. The van der Waals surface area contributed by atoms with E-state index < -0.39 is 11.4 Å². The predicted molar refractivity (Wildman–Crippen MR) is 77.6 cm³/mol. The molecule has 3 rings (SSSR count). The van der Waals surface area contributed by atoms with E-state index in [-0.39, 0.29) is 18.1 Å². The third-order valence-electron chi connectivity index (χ3n) is 4.01. The van der Waals surface area contributed by atoms with E-state index in [1.165, 1.54) is 9.58 Å². The Hall–Kier alpha value is -2.70. The molecule has 7 nitrogen and oxygen atoms in total. The molecule has 7 heteroatoms. The van der Waals surface area contributed by atoms with E-state index in [1.807, 2.05) is 30.3 Å². The lowest BCUT2D eigenvalue weighted by molar-refractivity contribution is -0.147. The second-order valence-corrected chi connectivity index (χ2v) is 5.73. The minimum atomic E-state index is -0.884. The number of carbonyl (C=O) groups excluding carboxylic acids is 1. The molecule has 1 aliphatic rings. The first-order valence-electron chi connectivity index (χ1n) is 7.00. The Morgan fingerprint density at radius 1 is 1.27 bits per heavy atom. The first-order chi connectivity index (χ1) is 10.5. The van der Waals surface area contributed by atoms with Crippen molar-refractivity contribution in [2.24, 2.45) is 5.41 Å². The molecule has 0 spiro atoms. The summed E-state index contributed by atoms with van der Waals surface area (Å²) in [6.45, 7) is 2.27. The van der Waals surface area contributed by atoms with Crippen LogP contribution in [0.25, 0.3) is 5.69 Å². The van der Waals surface area contributed by atoms with E-state index in [4.69, 9.17) is 0 Å². The molecule has 0 aliphatic carbocycles. The molecule has 1 atom stereocenters. The Kier molecular flexibility index (Phi) is 3.40. The van der Waals surface area contributed by atoms with Crippen LogP contribution in [0.15, 0.2) is 36.5 Å². The Bertz CT molecular complexity index is 713. The lowest BCUT2D eigenvalue weighted by Crippen LogP contribution is -2.35. The van der Waals surface area contributed by atoms with Crippen molar-refractivity contribution < 1.29 is 14.7 Å². The largest absolute Gasteiger partial charge is 0.481 e. The Labute approximate surface area is 127 Å². The van der Waals surface area contributed by atoms with Crippen LogP contribution in [-0.2, 0) is 4.79 Å². The third kappa shape index (κ3) is 2.45. The minimum Gasteiger partial charge on any atom is -0.481 e. The normalized spacial score (nSPS) is 21.0. The van der Waals surface area contributed by atoms with Gasteiger partial charge >= 0.3 is 5.97 Å². The molecule has 1 aliphatic heterocycles. The first-order valence-corrected chi connectivity index (χ1v) is 7.00. The van der Waals surface area contributed by atoms with Crippen molar-refractivity contribution in [3.05, 3.63) is 42.2 Å². The first kappa shape index (κ1) is 14.2. The number of benzene rings is 1. The number of nitrogens with zero attached hydrogens (tertiary/aromatic N) is 4. The molecule has 1 saturated heterocycles. The molecule has 0 unspecified atom stereocenters. The summed E-state index contributed by atoms with van der Waals surface area (Å²) in [5.74, 6) is -1.16. The van der Waals surface area contributed by atoms with E-state index in [9.17, 15) is 14.7 Å². The molecule has 1 fully saturated rings. The molecule has 2 aromatic rings. The lowest BCUT2D eigenvalue weighted by atomic mass is 9.90. The van der Waals surface area contributed by atoms with Gasteiger partial charge in [0.25, 0.3) is 5.91 Å². The monoisotopic (exact) mass is 300 g/mol. The average molecular weight is 300 g/mol. The van der Waals surface area contributed by atoms with Crippen molar-refractivity contribution in [2.45, 2.75) is 13.3 Å². The van der Waals surface area contributed by atoms with Crippen molar-refractivity contribution in [3.8, 4) is 5.69 Å². The quantitative estimate of drug-likeness (QED) is 0.920. The number of likely N-dealkylation sites (tertiary alicyclic amines) is 1. The fourth-order valence-corrected chi connectivity index (χ4v) is 2.54. The number of para-hydroxylation sites is 1. The second kappa shape index (κ2) is 5.25. The minimum absolute atomic E-state index is 0.194. The summed E-state index contributed by atoms with van der Waals surface area (Å²) in [6, 6.07) is 9.36. The van der Waals surface area contributed by atoms with Crippen LogP contribution in [0.5, 0.6) is 0 Å². The summed E-state index contributed by atoms with van der Waals surface area (Å²) >= 11 is 0. The topological polar surface area (TPSA) is 88.3 Å². The van der Waals surface area contributed by atoms with E-state index in [0.29, 0.717) is 13.0 Å². The van der Waals surface area contributed by atoms with Gasteiger partial charge in [0.1, 0.15) is 0 Å². The van der Waals surface area contributed by atoms with Crippen molar-refractivity contribution >= 4 is 11.9 Å². The van der Waals surface area contributed by atoms with Crippen LogP contribution in [0, 0.1) is 5.41 Å². The lowest BCUT2D eigenvalue weighted by Gasteiger charge is -2.19. The van der Waals surface area contributed by atoms with Crippen LogP contribution in [0.2, 0.25) is 0 Å². The highest BCUT2D eigenvalue weighted by Gasteiger charge is 2.42. The van der Waals surface area contributed by atoms with Gasteiger partial charge in [-0.2, -0.15) is 0 Å². The number of aromatic nitrogens is 3. The van der Waals surface area contributed by atoms with Crippen molar-refractivity contribution in [3.63, 3.8) is 0 Å². The molecule has 1 N–H and O–H groups in total. The fourth-order valence-electron chi connectivity index (χ4n) is 2.54. The Morgan fingerprint density at radius 2 is 2.00 bits per heavy atom. The number of hydrogen-bond donors (Lipinski definition) is 1. The Balaban J connectivity index is 1.77. The number of carboxylic acids is 1. The van der Waals surface area contributed by atoms with Crippen molar-refractivity contribution in [1.29, 1.82) is 0 Å². The summed E-state index contributed by atoms with van der Waals surface area (Å²) in [5, 5.41) is 17.1. The number of aliphatic carboxylic acids is 1. The molecular formula is C15H16N4O3. The van der Waals surface area contributed by atoms with Gasteiger partial charge in [0.05, 0.1) is 17.3 Å². The molecule has 0 radical (unpaired) electrons. The van der Waals surface area contributed by atoms with Gasteiger partial charge in [-0.15, -0.1) is 5.10 Å². The molecule has 1 aromatic heterocycles. The van der Waals surface area contributed by atoms with E-state index in [0.717, 1.165) is 5.69 Å². The van der Waals surface area contributed by atoms with E-state index in [1.54, 1.807) is 13.1 Å². The van der Waals surface area contributed by atoms with Gasteiger partial charge in [-0.1, -0.05) is 23.4 Å². The molecular weight excluding hydrogens is 284 g/mol. The standard InChI is InChI=1S/C15H16N4O3/c1-15(14(21)22)7-8-18(10-15)13(20)12-9-19(17-16-12)11-5-3-2-4-6-11/h2-6,9H,7-8,10H2,1H3,(H,21,22)/t15-/m1/s1. The molecule has 1 amide bonds. The van der Waals surface area contributed by atoms with Crippen LogP contribution in [0.3, 0.4) is 0 Å². The van der Waals surface area contributed by atoms with Crippen LogP contribution in [-0.4, -0.2) is 50.0 Å². The van der Waals surface area contributed by atoms with E-state index in [2.05, 4.69) is 10.3 Å². The number of carboxylic acid groups (broad SMARTS) is 1. The van der Waals surface area contributed by atoms with Gasteiger partial charge in [0.2, 0.25) is 0 Å². The molecule has 2 heterocycles. The van der Waals surface area contributed by atoms with Crippen molar-refractivity contribution in [2.75, 3.05) is 13.1 Å². The summed E-state index contributed by atoms with van der Waals surface area (Å²) in [5.41, 5.74) is 0.148. The van der Waals surface area contributed by atoms with Gasteiger partial charge in [-0.25, -0.2) is 4.68 Å². The number of amides is 1. The second-order valence-electron chi connectivity index (χ2n) is 5.73. The van der Waals surface area contributed by atoms with Crippen molar-refractivity contribution in [1.82, 2.24) is 19.9 Å². The fraction of sp³-hybridized carbons (Fsp3) is 0.333. The Morgan fingerprint density at radius 3 is 2.64 bits per heavy atom. The van der Waals surface area contributed by atoms with Crippen LogP contribution >= 0.6 is 0 Å². The van der Waals surface area contributed by atoms with Crippen LogP contribution in [0.1, 0.15) is 23.8 Å². The van der Waals surface area contributed by atoms with Gasteiger partial charge in [-0.3, -0.25) is 9.59 Å². The predicted octanol–water partition coefficient (Wildman–Crippen LogP) is 1.20. The molecule has 22 heavy (non-hydrogen) atoms. The summed E-state index contributed by atoms with van der Waals surface area (Å²) in [6.07, 6.45) is 2.01. The highest BCUT2D eigenvalue weighted by atomic mass is 16.4. The summed E-state index contributed by atoms with van der Waals surface area (Å²) in [7, 11) is 0. The summed E-state index contributed by atoms with van der Waals surface area (Å²) < 4.78 is 1.53. The highest BCUT2D eigenvalue weighted by Crippen LogP contribution is 2.30. The number of carbonyl (C=O) groups is 2. The number of hydrogen-bond acceptors (Lipinski definition) is 4.